The van der Waals surface area contributed by atoms with Gasteiger partial charge in [0.25, 0.3) is 0 Å². The van der Waals surface area contributed by atoms with Crippen LogP contribution in [0, 0.1) is 5.92 Å². The molecule has 0 bridgehead atoms. The summed E-state index contributed by atoms with van der Waals surface area (Å²) in [5, 5.41) is 6.11. The normalized spacial score (nSPS) is 20.8. The summed E-state index contributed by atoms with van der Waals surface area (Å²) in [6.45, 7) is 2.17. The Bertz CT molecular complexity index is 415. The molecule has 0 spiro atoms. The van der Waals surface area contributed by atoms with E-state index in [1.807, 2.05) is 0 Å². The highest BCUT2D eigenvalue weighted by molar-refractivity contribution is 7.89. The summed E-state index contributed by atoms with van der Waals surface area (Å²) in [7, 11) is -3.24. The molecule has 20 heavy (non-hydrogen) atoms. The number of nitrogens with one attached hydrogen (secondary N) is 3. The molecule has 2 rings (SSSR count). The third-order valence-electron chi connectivity index (χ3n) is 3.87. The average Bonchev–Trinajstić information content (AvgIpc) is 3.21. The van der Waals surface area contributed by atoms with E-state index in [0.29, 0.717) is 18.4 Å². The molecule has 0 unspecified atom stereocenters. The molecular formula is C13H25N3O3S. The van der Waals surface area contributed by atoms with Gasteiger partial charge in [-0.3, -0.25) is 4.79 Å². The summed E-state index contributed by atoms with van der Waals surface area (Å²) >= 11 is 0. The van der Waals surface area contributed by atoms with Gasteiger partial charge in [-0.15, -0.1) is 0 Å². The lowest BCUT2D eigenvalue weighted by molar-refractivity contribution is -0.121. The summed E-state index contributed by atoms with van der Waals surface area (Å²) in [5.74, 6) is 0.613. The van der Waals surface area contributed by atoms with Crippen molar-refractivity contribution in [1.82, 2.24) is 15.4 Å². The van der Waals surface area contributed by atoms with Crippen molar-refractivity contribution in [3.8, 4) is 0 Å². The topological polar surface area (TPSA) is 87.3 Å². The zero-order chi connectivity index (χ0) is 14.4. The number of rotatable bonds is 8. The van der Waals surface area contributed by atoms with Crippen LogP contribution in [0.15, 0.2) is 0 Å². The number of carbonyl (C=O) groups excluding carboxylic acids is 1. The average molecular weight is 303 g/mol. The molecule has 2 aliphatic rings. The monoisotopic (exact) mass is 303 g/mol. The highest BCUT2D eigenvalue weighted by Gasteiger charge is 2.23. The Morgan fingerprint density at radius 3 is 2.50 bits per heavy atom. The van der Waals surface area contributed by atoms with Crippen LogP contribution >= 0.6 is 0 Å². The quantitative estimate of drug-likeness (QED) is 0.587. The Balaban J connectivity index is 1.58. The molecule has 1 aliphatic carbocycles. The van der Waals surface area contributed by atoms with Crippen molar-refractivity contribution in [2.45, 2.75) is 44.6 Å². The molecule has 1 saturated heterocycles. The molecule has 0 atom stereocenters. The van der Waals surface area contributed by atoms with Crippen LogP contribution in [0.5, 0.6) is 0 Å². The van der Waals surface area contributed by atoms with Crippen LogP contribution < -0.4 is 15.4 Å². The highest BCUT2D eigenvalue weighted by Crippen LogP contribution is 2.18. The van der Waals surface area contributed by atoms with Gasteiger partial charge < -0.3 is 10.6 Å². The second-order valence-corrected chi connectivity index (χ2v) is 7.71. The van der Waals surface area contributed by atoms with Crippen molar-refractivity contribution in [2.24, 2.45) is 5.92 Å². The number of piperidine rings is 1. The fourth-order valence-electron chi connectivity index (χ4n) is 2.41. The van der Waals surface area contributed by atoms with Gasteiger partial charge in [-0.25, -0.2) is 13.1 Å². The predicted octanol–water partition coefficient (Wildman–Crippen LogP) is -0.0358. The molecule has 0 radical (unpaired) electrons. The molecule has 1 saturated carbocycles. The zero-order valence-electron chi connectivity index (χ0n) is 11.9. The Morgan fingerprint density at radius 2 is 1.85 bits per heavy atom. The summed E-state index contributed by atoms with van der Waals surface area (Å²) in [4.78, 5) is 11.4. The number of amides is 1. The van der Waals surface area contributed by atoms with Gasteiger partial charge in [0.05, 0.1) is 5.75 Å². The molecule has 1 amide bonds. The molecule has 1 aliphatic heterocycles. The smallest absolute Gasteiger partial charge is 0.221 e. The first-order valence-corrected chi connectivity index (χ1v) is 9.18. The SMILES string of the molecule is O=C(CCNS(=O)(=O)CCC1CCNCC1)NC1CC1. The van der Waals surface area contributed by atoms with Crippen molar-refractivity contribution in [2.75, 3.05) is 25.4 Å². The lowest BCUT2D eigenvalue weighted by Gasteiger charge is -2.22. The van der Waals surface area contributed by atoms with Crippen LogP contribution in [-0.2, 0) is 14.8 Å². The molecule has 0 aromatic heterocycles. The molecule has 2 fully saturated rings. The van der Waals surface area contributed by atoms with Crippen LogP contribution in [-0.4, -0.2) is 45.8 Å². The Labute approximate surface area is 121 Å². The van der Waals surface area contributed by atoms with Gasteiger partial charge in [-0.05, 0) is 51.1 Å². The van der Waals surface area contributed by atoms with Crippen molar-refractivity contribution >= 4 is 15.9 Å². The van der Waals surface area contributed by atoms with Crippen LogP contribution in [0.1, 0.15) is 38.5 Å². The van der Waals surface area contributed by atoms with Gasteiger partial charge in [0.2, 0.25) is 15.9 Å². The summed E-state index contributed by atoms with van der Waals surface area (Å²) in [6, 6.07) is 0.332. The molecule has 6 nitrogen and oxygen atoms in total. The van der Waals surface area contributed by atoms with Crippen molar-refractivity contribution in [3.05, 3.63) is 0 Å². The van der Waals surface area contributed by atoms with Gasteiger partial charge in [0, 0.05) is 19.0 Å². The summed E-state index contributed by atoms with van der Waals surface area (Å²) in [5.41, 5.74) is 0. The lowest BCUT2D eigenvalue weighted by atomic mass is 9.96. The molecule has 3 N–H and O–H groups in total. The standard InChI is InChI=1S/C13H25N3O3S/c17-13(16-12-1-2-12)5-9-15-20(18,19)10-6-11-3-7-14-8-4-11/h11-12,14-15H,1-10H2,(H,16,17). The minimum absolute atomic E-state index is 0.0615. The van der Waals surface area contributed by atoms with Crippen LogP contribution in [0.4, 0.5) is 0 Å². The predicted molar refractivity (Wildman–Crippen MR) is 77.8 cm³/mol. The molecule has 0 aromatic rings. The van der Waals surface area contributed by atoms with Gasteiger partial charge in [-0.2, -0.15) is 0 Å². The Morgan fingerprint density at radius 1 is 1.15 bits per heavy atom. The number of sulfonamides is 1. The summed E-state index contributed by atoms with van der Waals surface area (Å²) in [6.07, 6.45) is 5.15. The fourth-order valence-corrected chi connectivity index (χ4v) is 3.61. The van der Waals surface area contributed by atoms with Crippen molar-refractivity contribution < 1.29 is 13.2 Å². The van der Waals surface area contributed by atoms with Crippen LogP contribution in [0.25, 0.3) is 0 Å². The first-order chi connectivity index (χ1) is 9.55. The maximum atomic E-state index is 11.8. The van der Waals surface area contributed by atoms with Crippen LogP contribution in [0.2, 0.25) is 0 Å². The van der Waals surface area contributed by atoms with Crippen molar-refractivity contribution in [3.63, 3.8) is 0 Å². The second kappa shape index (κ2) is 7.38. The van der Waals surface area contributed by atoms with E-state index < -0.39 is 10.0 Å². The number of carbonyl (C=O) groups is 1. The van der Waals surface area contributed by atoms with Gasteiger partial charge in [-0.1, -0.05) is 0 Å². The lowest BCUT2D eigenvalue weighted by Crippen LogP contribution is -2.34. The molecular weight excluding hydrogens is 278 g/mol. The number of hydrogen-bond acceptors (Lipinski definition) is 4. The van der Waals surface area contributed by atoms with Gasteiger partial charge >= 0.3 is 0 Å². The molecule has 116 valence electrons. The minimum atomic E-state index is -3.24. The third kappa shape index (κ3) is 6.19. The van der Waals surface area contributed by atoms with E-state index in [9.17, 15) is 13.2 Å². The first-order valence-electron chi connectivity index (χ1n) is 7.52. The maximum absolute atomic E-state index is 11.8. The van der Waals surface area contributed by atoms with E-state index >= 15 is 0 Å². The van der Waals surface area contributed by atoms with E-state index in [1.165, 1.54) is 0 Å². The third-order valence-corrected chi connectivity index (χ3v) is 5.29. The maximum Gasteiger partial charge on any atom is 0.221 e. The highest BCUT2D eigenvalue weighted by atomic mass is 32.2. The van der Waals surface area contributed by atoms with Crippen molar-refractivity contribution in [1.29, 1.82) is 0 Å². The van der Waals surface area contributed by atoms with Gasteiger partial charge in [0.1, 0.15) is 0 Å². The fraction of sp³-hybridized carbons (Fsp3) is 0.923. The minimum Gasteiger partial charge on any atom is -0.353 e. The Hall–Kier alpha value is -0.660. The van der Waals surface area contributed by atoms with E-state index in [4.69, 9.17) is 0 Å². The summed E-state index contributed by atoms with van der Waals surface area (Å²) < 4.78 is 26.2. The molecule has 7 heteroatoms. The number of hydrogen-bond donors (Lipinski definition) is 3. The van der Waals surface area contributed by atoms with E-state index in [0.717, 1.165) is 38.8 Å². The van der Waals surface area contributed by atoms with E-state index in [1.54, 1.807) is 0 Å². The van der Waals surface area contributed by atoms with Gasteiger partial charge in [0.15, 0.2) is 0 Å². The largest absolute Gasteiger partial charge is 0.353 e. The first kappa shape index (κ1) is 15.7. The van der Waals surface area contributed by atoms with Crippen LogP contribution in [0.3, 0.4) is 0 Å². The Kier molecular flexibility index (Phi) is 5.80. The van der Waals surface area contributed by atoms with E-state index in [2.05, 4.69) is 15.4 Å². The zero-order valence-corrected chi connectivity index (χ0v) is 12.7. The second-order valence-electron chi connectivity index (χ2n) is 5.79. The molecule has 0 aromatic carbocycles. The molecule has 1 heterocycles. The van der Waals surface area contributed by atoms with E-state index in [-0.39, 0.29) is 24.6 Å².